The minimum absolute atomic E-state index is 0.0622. The number of aliphatic hydroxyl groups is 1. The molecule has 0 aliphatic carbocycles. The summed E-state index contributed by atoms with van der Waals surface area (Å²) in [6.07, 6.45) is -2.75. The Hall–Kier alpha value is -3.71. The largest absolute Gasteiger partial charge is 0.458 e. The van der Waals surface area contributed by atoms with E-state index in [-0.39, 0.29) is 37.4 Å². The molecule has 0 aromatic carbocycles. The van der Waals surface area contributed by atoms with Gasteiger partial charge in [0, 0.05) is 30.0 Å². The molecule has 3 saturated heterocycles. The maximum absolute atomic E-state index is 14.4. The number of pyridine rings is 1. The monoisotopic (exact) mass is 795 g/mol. The maximum Gasteiger partial charge on any atom is 0.408 e. The number of Topliss-reactive ketones (excluding diaryl/α,β-unsaturated/α-hetero) is 2. The van der Waals surface area contributed by atoms with Gasteiger partial charge in [0.05, 0.1) is 39.3 Å². The number of thiophene rings is 1. The molecule has 56 heavy (non-hydrogen) atoms. The molecule has 5 rings (SSSR count). The van der Waals surface area contributed by atoms with Gasteiger partial charge in [-0.3, -0.25) is 19.4 Å². The number of carbonyl (C=O) groups is 4. The van der Waals surface area contributed by atoms with Crippen molar-refractivity contribution in [2.75, 3.05) is 20.7 Å². The summed E-state index contributed by atoms with van der Waals surface area (Å²) in [7, 11) is 3.73. The number of alkyl carbamates (subject to hydrolysis) is 1. The maximum atomic E-state index is 14.4. The van der Waals surface area contributed by atoms with Gasteiger partial charge in [-0.25, -0.2) is 4.79 Å². The fourth-order valence-electron chi connectivity index (χ4n) is 8.50. The quantitative estimate of drug-likeness (QED) is 0.219. The Balaban J connectivity index is 1.55. The van der Waals surface area contributed by atoms with Gasteiger partial charge in [-0.1, -0.05) is 45.6 Å². The molecule has 2 aromatic rings. The van der Waals surface area contributed by atoms with E-state index in [4.69, 9.17) is 23.7 Å². The lowest BCUT2D eigenvalue weighted by Gasteiger charge is -2.47. The Morgan fingerprint density at radius 1 is 1.04 bits per heavy atom. The normalized spacial score (nSPS) is 37.1. The Bertz CT molecular complexity index is 1790. The molecule has 0 unspecified atom stereocenters. The molecule has 13 atom stereocenters. The molecule has 0 saturated carbocycles. The molecular formula is C42H57N3O10S. The summed E-state index contributed by atoms with van der Waals surface area (Å²) >= 11 is 1.49. The predicted molar refractivity (Wildman–Crippen MR) is 209 cm³/mol. The lowest BCUT2D eigenvalue weighted by atomic mass is 9.73. The Morgan fingerprint density at radius 2 is 1.77 bits per heavy atom. The number of aromatic nitrogens is 1. The third kappa shape index (κ3) is 9.19. The number of cyclic esters (lactones) is 1. The number of carbonyl (C=O) groups excluding carboxylic acids is 4. The second-order valence-electron chi connectivity index (χ2n) is 16.1. The molecule has 0 bridgehead atoms. The third-order valence-electron chi connectivity index (χ3n) is 11.7. The highest BCUT2D eigenvalue weighted by molar-refractivity contribution is 7.16. The second kappa shape index (κ2) is 17.8. The zero-order valence-corrected chi connectivity index (χ0v) is 34.9. The van der Waals surface area contributed by atoms with Crippen LogP contribution in [0.15, 0.2) is 36.5 Å². The van der Waals surface area contributed by atoms with Gasteiger partial charge in [-0.05, 0) is 85.3 Å². The van der Waals surface area contributed by atoms with Crippen molar-refractivity contribution >= 4 is 35.0 Å². The molecule has 5 heterocycles. The topological polar surface area (TPSA) is 163 Å². The number of nitrogens with one attached hydrogen (secondary N) is 1. The molecule has 3 fully saturated rings. The van der Waals surface area contributed by atoms with E-state index in [1.807, 2.05) is 56.3 Å². The Labute approximate surface area is 334 Å². The molecule has 2 aromatic heterocycles. The van der Waals surface area contributed by atoms with Gasteiger partial charge in [-0.2, -0.15) is 0 Å². The molecule has 2 N–H and O–H groups in total. The zero-order valence-electron chi connectivity index (χ0n) is 34.1. The van der Waals surface area contributed by atoms with Gasteiger partial charge in [-0.15, -0.1) is 11.3 Å². The molecule has 306 valence electrons. The fraction of sp³-hybridized carbons (Fsp3) is 0.643. The lowest BCUT2D eigenvalue weighted by Crippen LogP contribution is -2.60. The average Bonchev–Trinajstić information content (AvgIpc) is 3.77. The van der Waals surface area contributed by atoms with E-state index in [1.165, 1.54) is 18.3 Å². The molecule has 13 nitrogen and oxygen atoms in total. The van der Waals surface area contributed by atoms with Crippen LogP contribution in [0.25, 0.3) is 10.6 Å². The molecule has 3 aliphatic rings. The van der Waals surface area contributed by atoms with Crippen LogP contribution in [-0.2, 0) is 38.1 Å². The summed E-state index contributed by atoms with van der Waals surface area (Å²) in [5, 5.41) is 14.4. The zero-order chi connectivity index (χ0) is 41.1. The standard InChI is InChI=1S/C42H57N3O10S/c1-11-32-42(8)36(44-40(50)55-42)25(4)33(46)23(2)22-41(7,51-20-14-15-28-17-18-31(56-28)29-16-12-13-19-43-29)37(26(5)34(47)27(6)38(49)53-32)54-39-35(48)30(45(9)10)21-24(3)52-39/h12-13,16-19,23-27,30,32,35-37,39,48H,11,20-22H2,1-10H3,(H,44,50)/t23-,24-,25-,26+,27-,30+,32+,35-,36-,37-,39+,41+,42-/m1/s1. The number of amides is 1. The summed E-state index contributed by atoms with van der Waals surface area (Å²) in [5.74, 6) is 1.04. The van der Waals surface area contributed by atoms with Gasteiger partial charge in [0.2, 0.25) is 0 Å². The number of hydrogen-bond donors (Lipinski definition) is 2. The van der Waals surface area contributed by atoms with Crippen LogP contribution in [0.3, 0.4) is 0 Å². The molecule has 0 spiro atoms. The number of ketones is 2. The first-order chi connectivity index (χ1) is 26.4. The van der Waals surface area contributed by atoms with Gasteiger partial charge < -0.3 is 39.0 Å². The van der Waals surface area contributed by atoms with Crippen LogP contribution in [-0.4, -0.2) is 113 Å². The van der Waals surface area contributed by atoms with E-state index in [0.717, 1.165) is 15.4 Å². The number of likely N-dealkylation sites (N-methyl/N-ethyl adjacent to an activating group) is 1. The van der Waals surface area contributed by atoms with Crippen LogP contribution in [0.5, 0.6) is 0 Å². The summed E-state index contributed by atoms with van der Waals surface area (Å²) in [6, 6.07) is 8.42. The fourth-order valence-corrected chi connectivity index (χ4v) is 9.36. The van der Waals surface area contributed by atoms with Crippen molar-refractivity contribution in [2.24, 2.45) is 23.7 Å². The van der Waals surface area contributed by atoms with Crippen molar-refractivity contribution in [2.45, 2.75) is 129 Å². The number of esters is 1. The van der Waals surface area contributed by atoms with Crippen molar-refractivity contribution in [3.8, 4) is 22.4 Å². The summed E-state index contributed by atoms with van der Waals surface area (Å²) in [5.41, 5.74) is -1.95. The third-order valence-corrected chi connectivity index (χ3v) is 12.7. The Kier molecular flexibility index (Phi) is 13.8. The van der Waals surface area contributed by atoms with Crippen molar-refractivity contribution in [3.63, 3.8) is 0 Å². The highest BCUT2D eigenvalue weighted by Gasteiger charge is 2.57. The molecule has 1 amide bonds. The predicted octanol–water partition coefficient (Wildman–Crippen LogP) is 5.02. The van der Waals surface area contributed by atoms with Gasteiger partial charge in [0.15, 0.2) is 17.7 Å². The van der Waals surface area contributed by atoms with Gasteiger partial charge in [0.1, 0.15) is 30.5 Å². The van der Waals surface area contributed by atoms with E-state index < -0.39 is 83.4 Å². The first-order valence-electron chi connectivity index (χ1n) is 19.5. The number of fused-ring (bicyclic) bond motifs is 1. The number of ether oxygens (including phenoxy) is 5. The smallest absolute Gasteiger partial charge is 0.408 e. The first-order valence-corrected chi connectivity index (χ1v) is 20.3. The van der Waals surface area contributed by atoms with Crippen molar-refractivity contribution in [1.29, 1.82) is 0 Å². The highest BCUT2D eigenvalue weighted by atomic mass is 32.1. The number of nitrogens with zero attached hydrogens (tertiary/aromatic N) is 2. The summed E-state index contributed by atoms with van der Waals surface area (Å²) in [4.78, 5) is 63.5. The molecular weight excluding hydrogens is 739 g/mol. The lowest BCUT2D eigenvalue weighted by molar-refractivity contribution is -0.296. The van der Waals surface area contributed by atoms with Crippen LogP contribution >= 0.6 is 11.3 Å². The van der Waals surface area contributed by atoms with E-state index in [2.05, 4.69) is 22.1 Å². The van der Waals surface area contributed by atoms with Crippen LogP contribution in [0.1, 0.15) is 79.5 Å². The van der Waals surface area contributed by atoms with Crippen LogP contribution in [0.2, 0.25) is 0 Å². The molecule has 0 radical (unpaired) electrons. The van der Waals surface area contributed by atoms with Crippen molar-refractivity contribution < 1.29 is 48.0 Å². The number of aliphatic hydroxyl groups excluding tert-OH is 1. The second-order valence-corrected chi connectivity index (χ2v) is 17.2. The number of rotatable bonds is 7. The van der Waals surface area contributed by atoms with E-state index in [0.29, 0.717) is 6.42 Å². The molecule has 3 aliphatic heterocycles. The minimum Gasteiger partial charge on any atom is -0.458 e. The summed E-state index contributed by atoms with van der Waals surface area (Å²) in [6.45, 7) is 13.6. The van der Waals surface area contributed by atoms with Gasteiger partial charge in [0.25, 0.3) is 0 Å². The van der Waals surface area contributed by atoms with Crippen LogP contribution in [0.4, 0.5) is 4.79 Å². The van der Waals surface area contributed by atoms with Gasteiger partial charge >= 0.3 is 12.1 Å². The average molecular weight is 796 g/mol. The molecule has 14 heteroatoms. The Morgan fingerprint density at radius 3 is 2.43 bits per heavy atom. The first kappa shape index (κ1) is 43.4. The number of hydrogen-bond acceptors (Lipinski definition) is 13. The SMILES string of the molecule is CC[C@@H]1OC(=O)[C@H](C)C(=O)[C@H](C)[C@@H](O[C@@H]2O[C@H](C)C[C@H](N(C)C)[C@H]2O)[C@@](C)(OCC#Cc2ccc(-c3ccccn3)s2)C[C@@H](C)C(=O)[C@@H](C)[C@H]2NC(=O)O[C@]12C. The summed E-state index contributed by atoms with van der Waals surface area (Å²) < 4.78 is 31.3. The minimum atomic E-state index is -1.40. The van der Waals surface area contributed by atoms with Crippen LogP contribution in [0, 0.1) is 35.5 Å². The van der Waals surface area contributed by atoms with E-state index in [9.17, 15) is 24.3 Å². The van der Waals surface area contributed by atoms with E-state index in [1.54, 1.807) is 47.7 Å². The van der Waals surface area contributed by atoms with Crippen LogP contribution < -0.4 is 5.32 Å². The van der Waals surface area contributed by atoms with Crippen molar-refractivity contribution in [3.05, 3.63) is 41.4 Å². The highest BCUT2D eigenvalue weighted by Crippen LogP contribution is 2.40. The van der Waals surface area contributed by atoms with Crippen molar-refractivity contribution in [1.82, 2.24) is 15.2 Å². The van der Waals surface area contributed by atoms with E-state index >= 15 is 0 Å².